The fourth-order valence-corrected chi connectivity index (χ4v) is 8.24. The molecule has 2 unspecified atom stereocenters. The molecule has 268 valence electrons. The fourth-order valence-electron chi connectivity index (χ4n) is 5.44. The van der Waals surface area contributed by atoms with Crippen LogP contribution in [0.5, 0.6) is 0 Å². The second-order valence-electron chi connectivity index (χ2n) is 12.0. The van der Waals surface area contributed by atoms with Crippen molar-refractivity contribution in [2.24, 2.45) is 5.92 Å². The molecule has 0 bridgehead atoms. The summed E-state index contributed by atoms with van der Waals surface area (Å²) in [5.74, 6) is -4.00. The molecule has 2 atom stereocenters. The molecule has 0 saturated heterocycles. The molecule has 1 heterocycles. The first kappa shape index (κ1) is 38.6. The third-order valence-corrected chi connectivity index (χ3v) is 11.1. The van der Waals surface area contributed by atoms with Crippen molar-refractivity contribution < 1.29 is 42.1 Å². The largest absolute Gasteiger partial charge is 0.465 e. The summed E-state index contributed by atoms with van der Waals surface area (Å²) in [5, 5.41) is 33.0. The van der Waals surface area contributed by atoms with Crippen molar-refractivity contribution in [2.75, 3.05) is 19.7 Å². The lowest BCUT2D eigenvalue weighted by Gasteiger charge is -2.39. The quantitative estimate of drug-likeness (QED) is 0.111. The highest BCUT2D eigenvalue weighted by molar-refractivity contribution is 7.89. The lowest BCUT2D eigenvalue weighted by Crippen LogP contribution is -2.46. The summed E-state index contributed by atoms with van der Waals surface area (Å²) >= 11 is 1.13. The maximum Gasteiger partial charge on any atom is 0.405 e. The Morgan fingerprint density at radius 3 is 2.00 bits per heavy atom. The molecular weight excluding hydrogens is 689 g/mol. The Morgan fingerprint density at radius 1 is 0.920 bits per heavy atom. The van der Waals surface area contributed by atoms with E-state index in [-0.39, 0.29) is 18.0 Å². The van der Waals surface area contributed by atoms with E-state index in [1.807, 2.05) is 5.32 Å². The summed E-state index contributed by atoms with van der Waals surface area (Å²) in [6.45, 7) is 0.326. The molecule has 1 aliphatic rings. The second-order valence-corrected chi connectivity index (χ2v) is 15.1. The molecule has 0 spiro atoms. The summed E-state index contributed by atoms with van der Waals surface area (Å²) in [5.41, 5.74) is 3.24. The van der Waals surface area contributed by atoms with E-state index < -0.39 is 72.0 Å². The van der Waals surface area contributed by atoms with E-state index in [0.717, 1.165) is 22.1 Å². The lowest BCUT2D eigenvalue weighted by molar-refractivity contribution is -0.120. The highest BCUT2D eigenvalue weighted by Crippen LogP contribution is 2.44. The minimum Gasteiger partial charge on any atom is -0.465 e. The summed E-state index contributed by atoms with van der Waals surface area (Å²) in [6.07, 6.45) is -2.03. The van der Waals surface area contributed by atoms with Crippen molar-refractivity contribution in [3.63, 3.8) is 0 Å². The van der Waals surface area contributed by atoms with Crippen LogP contribution in [-0.2, 0) is 27.8 Å². The van der Waals surface area contributed by atoms with Crippen molar-refractivity contribution in [2.45, 2.75) is 55.7 Å². The maximum atomic E-state index is 13.6. The van der Waals surface area contributed by atoms with Crippen molar-refractivity contribution in [1.82, 2.24) is 14.9 Å². The molecular formula is C36H41F2N3O7S2. The predicted molar refractivity (Wildman–Crippen MR) is 186 cm³/mol. The van der Waals surface area contributed by atoms with Crippen LogP contribution in [0.4, 0.5) is 13.6 Å². The maximum absolute atomic E-state index is 13.6. The zero-order chi connectivity index (χ0) is 36.3. The van der Waals surface area contributed by atoms with E-state index in [2.05, 4.69) is 66.0 Å². The Labute approximate surface area is 294 Å². The number of nitrogens with one attached hydrogen (secondary N) is 2. The van der Waals surface area contributed by atoms with Crippen molar-refractivity contribution in [3.05, 3.63) is 124 Å². The van der Waals surface area contributed by atoms with Gasteiger partial charge in [-0.15, -0.1) is 11.3 Å². The Kier molecular flexibility index (Phi) is 13.6. The Bertz CT molecular complexity index is 1740. The SMILES string of the molecule is CC(O)c1ccc(S(=O)(=O)N(CC2CC(F)(F)C2)C(CO)c2ccc(CNC(=O)CNC(=O)O)s2)cc1.c1ccc(Cc2ccccc2)cc1. The smallest absolute Gasteiger partial charge is 0.405 e. The minimum atomic E-state index is -4.22. The standard InChI is InChI=1S/C23H29F2N3O7S2.C13H12/c1-14(30)16-2-5-18(6-3-16)37(34,35)28(12-15-8-23(24,25)9-15)19(13-29)20-7-4-17(36-20)10-26-21(31)11-27-22(32)33;1-3-7-12(8-4-1)11-13-9-5-2-6-10-13/h2-7,14-15,19,27,29-30H,8-13H2,1H3,(H,26,31)(H,32,33);1-10H,11H2. The number of hydrogen-bond acceptors (Lipinski definition) is 7. The number of halogens is 2. The molecule has 1 aliphatic carbocycles. The normalized spacial score (nSPS) is 15.2. The van der Waals surface area contributed by atoms with Gasteiger partial charge in [0.05, 0.1) is 36.7 Å². The van der Waals surface area contributed by atoms with Crippen LogP contribution in [-0.4, -0.2) is 65.7 Å². The molecule has 0 radical (unpaired) electrons. The molecule has 5 rings (SSSR count). The lowest BCUT2D eigenvalue weighted by atomic mass is 9.81. The Hall–Kier alpha value is -4.21. The molecule has 1 saturated carbocycles. The van der Waals surface area contributed by atoms with E-state index in [4.69, 9.17) is 5.11 Å². The zero-order valence-electron chi connectivity index (χ0n) is 27.4. The van der Waals surface area contributed by atoms with Gasteiger partial charge in [-0.25, -0.2) is 22.0 Å². The summed E-state index contributed by atoms with van der Waals surface area (Å²) in [4.78, 5) is 23.2. The first-order chi connectivity index (χ1) is 23.8. The number of benzene rings is 3. The second kappa shape index (κ2) is 17.6. The molecule has 1 fully saturated rings. The number of thiophene rings is 1. The van der Waals surface area contributed by atoms with Crippen LogP contribution in [0.1, 0.15) is 58.4 Å². The molecule has 5 N–H and O–H groups in total. The van der Waals surface area contributed by atoms with Crippen LogP contribution < -0.4 is 10.6 Å². The number of sulfonamides is 1. The fraction of sp³-hybridized carbons (Fsp3) is 0.333. The number of alkyl halides is 2. The van der Waals surface area contributed by atoms with Crippen LogP contribution >= 0.6 is 11.3 Å². The molecule has 4 aromatic rings. The van der Waals surface area contributed by atoms with Gasteiger partial charge in [0, 0.05) is 29.1 Å². The van der Waals surface area contributed by atoms with E-state index >= 15 is 0 Å². The van der Waals surface area contributed by atoms with Gasteiger partial charge in [0.15, 0.2) is 0 Å². The Morgan fingerprint density at radius 2 is 1.50 bits per heavy atom. The zero-order valence-corrected chi connectivity index (χ0v) is 29.0. The van der Waals surface area contributed by atoms with Gasteiger partial charge in [-0.2, -0.15) is 4.31 Å². The number of aliphatic hydroxyl groups excluding tert-OH is 2. The third kappa shape index (κ3) is 11.2. The predicted octanol–water partition coefficient (Wildman–Crippen LogP) is 5.73. The number of carbonyl (C=O) groups excluding carboxylic acids is 1. The first-order valence-electron chi connectivity index (χ1n) is 16.0. The van der Waals surface area contributed by atoms with E-state index in [9.17, 15) is 37.0 Å². The summed E-state index contributed by atoms with van der Waals surface area (Å²) in [6, 6.07) is 28.8. The molecule has 0 aliphatic heterocycles. The topological polar surface area (TPSA) is 156 Å². The first-order valence-corrected chi connectivity index (χ1v) is 18.2. The van der Waals surface area contributed by atoms with Gasteiger partial charge in [-0.3, -0.25) is 4.79 Å². The summed E-state index contributed by atoms with van der Waals surface area (Å²) < 4.78 is 55.4. The van der Waals surface area contributed by atoms with E-state index in [1.54, 1.807) is 12.1 Å². The molecule has 3 aromatic carbocycles. The highest BCUT2D eigenvalue weighted by atomic mass is 32.2. The minimum absolute atomic E-state index is 0.0470. The van der Waals surface area contributed by atoms with Gasteiger partial charge in [0.2, 0.25) is 21.9 Å². The van der Waals surface area contributed by atoms with Gasteiger partial charge in [0.1, 0.15) is 0 Å². The number of amides is 2. The van der Waals surface area contributed by atoms with Gasteiger partial charge >= 0.3 is 6.09 Å². The van der Waals surface area contributed by atoms with Gasteiger partial charge in [-0.05, 0) is 60.2 Å². The molecule has 14 heteroatoms. The summed E-state index contributed by atoms with van der Waals surface area (Å²) in [7, 11) is -4.22. The molecule has 1 aromatic heterocycles. The molecule has 2 amide bonds. The van der Waals surface area contributed by atoms with Crippen molar-refractivity contribution >= 4 is 33.4 Å². The van der Waals surface area contributed by atoms with Crippen LogP contribution in [0.2, 0.25) is 0 Å². The highest BCUT2D eigenvalue weighted by Gasteiger charge is 2.48. The molecule has 50 heavy (non-hydrogen) atoms. The average molecular weight is 730 g/mol. The number of aliphatic hydroxyl groups is 2. The Balaban J connectivity index is 0.000000358. The number of carboxylic acid groups (broad SMARTS) is 1. The van der Waals surface area contributed by atoms with Crippen molar-refractivity contribution in [1.29, 1.82) is 0 Å². The number of nitrogens with zero attached hydrogens (tertiary/aromatic N) is 1. The number of rotatable bonds is 14. The van der Waals surface area contributed by atoms with E-state index in [1.165, 1.54) is 42.3 Å². The number of hydrogen-bond donors (Lipinski definition) is 5. The van der Waals surface area contributed by atoms with Crippen LogP contribution in [0.3, 0.4) is 0 Å². The monoisotopic (exact) mass is 729 g/mol. The number of carbonyl (C=O) groups is 2. The van der Waals surface area contributed by atoms with Crippen LogP contribution in [0.15, 0.2) is 102 Å². The van der Waals surface area contributed by atoms with E-state index in [0.29, 0.717) is 15.3 Å². The average Bonchev–Trinajstić information content (AvgIpc) is 3.55. The van der Waals surface area contributed by atoms with Crippen molar-refractivity contribution in [3.8, 4) is 0 Å². The van der Waals surface area contributed by atoms with Gasteiger partial charge < -0.3 is 26.0 Å². The third-order valence-electron chi connectivity index (χ3n) is 8.07. The van der Waals surface area contributed by atoms with Gasteiger partial charge in [0.25, 0.3) is 0 Å². The van der Waals surface area contributed by atoms with Crippen LogP contribution in [0.25, 0.3) is 0 Å². The van der Waals surface area contributed by atoms with Crippen LogP contribution in [0, 0.1) is 5.92 Å². The molecule has 10 nitrogen and oxygen atoms in total. The van der Waals surface area contributed by atoms with Gasteiger partial charge in [-0.1, -0.05) is 72.8 Å².